The van der Waals surface area contributed by atoms with Crippen molar-refractivity contribution in [2.75, 3.05) is 6.54 Å². The first-order valence-corrected chi connectivity index (χ1v) is 20.5. The zero-order chi connectivity index (χ0) is 39.1. The summed E-state index contributed by atoms with van der Waals surface area (Å²) in [6, 6.07) is 27.8. The van der Waals surface area contributed by atoms with Gasteiger partial charge in [0, 0.05) is 45.4 Å². The number of hydrogen-bond donors (Lipinski definition) is 2. The minimum absolute atomic E-state index is 0.0526. The van der Waals surface area contributed by atoms with Crippen molar-refractivity contribution in [3.05, 3.63) is 137 Å². The summed E-state index contributed by atoms with van der Waals surface area (Å²) in [5.41, 5.74) is -1.68. The molecule has 0 saturated heterocycles. The van der Waals surface area contributed by atoms with Gasteiger partial charge in [0.25, 0.3) is 0 Å². The number of allylic oxidation sites excluding steroid dienone is 4. The molecule has 4 aromatic rings. The average molecular weight is 774 g/mol. The Hall–Kier alpha value is -4.30. The number of ether oxygens (including phenoxy) is 1. The van der Waals surface area contributed by atoms with E-state index in [1.807, 2.05) is 66.7 Å². The van der Waals surface area contributed by atoms with Crippen molar-refractivity contribution < 1.29 is 28.9 Å². The van der Waals surface area contributed by atoms with Crippen LogP contribution in [0.5, 0.6) is 5.75 Å². The molecule has 2 N–H and O–H groups in total. The van der Waals surface area contributed by atoms with E-state index < -0.39 is 39.9 Å². The fourth-order valence-electron chi connectivity index (χ4n) is 12.3. The monoisotopic (exact) mass is 773 g/mol. The van der Waals surface area contributed by atoms with Crippen molar-refractivity contribution in [1.82, 2.24) is 4.90 Å². The quantitative estimate of drug-likeness (QED) is 0.174. The van der Waals surface area contributed by atoms with E-state index in [1.54, 1.807) is 23.1 Å². The molecule has 6 aliphatic rings. The number of halogens is 2. The molecule has 8 heteroatoms. The van der Waals surface area contributed by atoms with Gasteiger partial charge in [-0.15, -0.1) is 0 Å². The van der Waals surface area contributed by atoms with Gasteiger partial charge in [0.15, 0.2) is 5.78 Å². The van der Waals surface area contributed by atoms with Crippen LogP contribution >= 0.6 is 11.6 Å². The number of hydrogen-bond acceptors (Lipinski definition) is 5. The van der Waals surface area contributed by atoms with Gasteiger partial charge in [-0.1, -0.05) is 110 Å². The zero-order valence-corrected chi connectivity index (χ0v) is 32.8. The number of amides is 1. The van der Waals surface area contributed by atoms with Crippen molar-refractivity contribution in [2.24, 2.45) is 33.5 Å². The molecule has 4 aromatic carbocycles. The van der Waals surface area contributed by atoms with Crippen LogP contribution in [0.25, 0.3) is 10.8 Å². The molecule has 6 aliphatic carbocycles. The summed E-state index contributed by atoms with van der Waals surface area (Å²) < 4.78 is 21.3. The molecule has 2 bridgehead atoms. The van der Waals surface area contributed by atoms with Crippen LogP contribution in [0.15, 0.2) is 115 Å². The SMILES string of the molecule is CC12CCC(O)CC13C=CC1(C(C(=O)Cc4c(F)cccc4Cl)=C3)C2CCC2(C)C1CCC2(O)CN(Cc1ccccc1)C(=O)Oc1ccc2ccccc2c1. The van der Waals surface area contributed by atoms with E-state index in [2.05, 4.69) is 32.1 Å². The molecule has 3 saturated carbocycles. The Bertz CT molecular complexity index is 2270. The van der Waals surface area contributed by atoms with Gasteiger partial charge in [0.05, 0.1) is 18.2 Å². The van der Waals surface area contributed by atoms with Crippen LogP contribution in [0.4, 0.5) is 9.18 Å². The second kappa shape index (κ2) is 13.4. The van der Waals surface area contributed by atoms with E-state index in [9.17, 15) is 19.8 Å². The number of fused-ring (bicyclic) bond motifs is 2. The largest absolute Gasteiger partial charge is 0.415 e. The lowest BCUT2D eigenvalue weighted by Gasteiger charge is -2.71. The Kier molecular flexibility index (Phi) is 8.92. The molecule has 2 spiro atoms. The Morgan fingerprint density at radius 3 is 2.36 bits per heavy atom. The third-order valence-electron chi connectivity index (χ3n) is 15.3. The van der Waals surface area contributed by atoms with Crippen LogP contribution in [-0.2, 0) is 17.8 Å². The molecule has 3 fully saturated rings. The molecule has 10 rings (SSSR count). The number of aliphatic hydroxyl groups is 2. The molecule has 290 valence electrons. The van der Waals surface area contributed by atoms with Crippen molar-refractivity contribution in [2.45, 2.75) is 83.5 Å². The zero-order valence-electron chi connectivity index (χ0n) is 32.0. The number of carbonyl (C=O) groups excluding carboxylic acids is 2. The topological polar surface area (TPSA) is 87.1 Å². The molecule has 56 heavy (non-hydrogen) atoms. The Balaban J connectivity index is 1.09. The van der Waals surface area contributed by atoms with E-state index in [0.717, 1.165) is 29.2 Å². The highest BCUT2D eigenvalue weighted by molar-refractivity contribution is 6.31. The maximum Gasteiger partial charge on any atom is 0.415 e. The molecule has 0 radical (unpaired) electrons. The lowest BCUT2D eigenvalue weighted by atomic mass is 9.32. The van der Waals surface area contributed by atoms with Crippen LogP contribution in [-0.4, -0.2) is 45.2 Å². The van der Waals surface area contributed by atoms with Crippen LogP contribution < -0.4 is 4.74 Å². The van der Waals surface area contributed by atoms with E-state index in [-0.39, 0.29) is 53.1 Å². The average Bonchev–Trinajstić information content (AvgIpc) is 3.46. The van der Waals surface area contributed by atoms with Gasteiger partial charge in [0.2, 0.25) is 0 Å². The van der Waals surface area contributed by atoms with Gasteiger partial charge in [-0.25, -0.2) is 9.18 Å². The van der Waals surface area contributed by atoms with Gasteiger partial charge >= 0.3 is 6.09 Å². The highest BCUT2D eigenvalue weighted by Gasteiger charge is 2.74. The van der Waals surface area contributed by atoms with Crippen molar-refractivity contribution in [3.63, 3.8) is 0 Å². The summed E-state index contributed by atoms with van der Waals surface area (Å²) in [4.78, 5) is 30.7. The third-order valence-corrected chi connectivity index (χ3v) is 15.6. The molecular weight excluding hydrogens is 725 g/mol. The summed E-state index contributed by atoms with van der Waals surface area (Å²) >= 11 is 6.50. The molecule has 0 heterocycles. The second-order valence-corrected chi connectivity index (χ2v) is 18.2. The predicted molar refractivity (Wildman–Crippen MR) is 216 cm³/mol. The van der Waals surface area contributed by atoms with E-state index in [0.29, 0.717) is 43.4 Å². The molecule has 8 atom stereocenters. The minimum Gasteiger partial charge on any atom is -0.410 e. The highest BCUT2D eigenvalue weighted by Crippen LogP contribution is 2.78. The lowest BCUT2D eigenvalue weighted by molar-refractivity contribution is -0.178. The number of rotatable bonds is 8. The summed E-state index contributed by atoms with van der Waals surface area (Å²) in [6.45, 7) is 4.79. The molecule has 0 aromatic heterocycles. The Morgan fingerprint density at radius 2 is 1.57 bits per heavy atom. The van der Waals surface area contributed by atoms with Crippen LogP contribution in [0.2, 0.25) is 5.02 Å². The highest BCUT2D eigenvalue weighted by atomic mass is 35.5. The molecule has 0 aliphatic heterocycles. The van der Waals surface area contributed by atoms with Gasteiger partial charge in [0.1, 0.15) is 11.6 Å². The maximum absolute atomic E-state index is 15.2. The van der Waals surface area contributed by atoms with Crippen molar-refractivity contribution >= 4 is 34.2 Å². The number of aliphatic hydroxyl groups excluding tert-OH is 1. The number of Topliss-reactive ketones (excluding diaryl/α,β-unsaturated/α-hetero) is 1. The van der Waals surface area contributed by atoms with E-state index in [4.69, 9.17) is 16.3 Å². The Morgan fingerprint density at radius 1 is 0.857 bits per heavy atom. The number of nitrogens with zero attached hydrogens (tertiary/aromatic N) is 1. The third kappa shape index (κ3) is 5.55. The second-order valence-electron chi connectivity index (χ2n) is 17.8. The van der Waals surface area contributed by atoms with Gasteiger partial charge in [-0.2, -0.15) is 0 Å². The normalized spacial score (nSPS) is 34.0. The fourth-order valence-corrected chi connectivity index (χ4v) is 12.5. The summed E-state index contributed by atoms with van der Waals surface area (Å²) in [7, 11) is 0. The number of ketones is 1. The lowest BCUT2D eigenvalue weighted by Crippen LogP contribution is -2.67. The first kappa shape index (κ1) is 37.3. The maximum atomic E-state index is 15.2. The molecule has 6 nitrogen and oxygen atoms in total. The van der Waals surface area contributed by atoms with Gasteiger partial charge in [-0.3, -0.25) is 4.79 Å². The molecule has 1 amide bonds. The van der Waals surface area contributed by atoms with Crippen molar-refractivity contribution in [1.29, 1.82) is 0 Å². The van der Waals surface area contributed by atoms with E-state index in [1.165, 1.54) is 6.07 Å². The first-order valence-electron chi connectivity index (χ1n) is 20.1. The predicted octanol–water partition coefficient (Wildman–Crippen LogP) is 10.0. The standard InChI is InChI=1S/C48H49ClFNO5/c1-44-20-17-34(52)27-46(44)23-24-48(37(28-46)40(53)26-36-38(49)13-8-14-39(36)50)41(44)18-21-45(2)42(48)19-22-47(45,55)30-51(29-31-9-4-3-5-10-31)43(54)56-35-16-15-32-11-6-7-12-33(32)25-35/h3-16,23-25,28,34,41-42,52,55H,17-22,26-27,29-30H2,1-2H3. The summed E-state index contributed by atoms with van der Waals surface area (Å²) in [6.07, 6.45) is 10.0. The fraction of sp³-hybridized carbons (Fsp3) is 0.417. The summed E-state index contributed by atoms with van der Waals surface area (Å²) in [5.74, 6) is -0.312. The van der Waals surface area contributed by atoms with Crippen LogP contribution in [0, 0.1) is 39.3 Å². The smallest absolute Gasteiger partial charge is 0.410 e. The molecular formula is C48H49ClFNO5. The van der Waals surface area contributed by atoms with E-state index >= 15 is 4.39 Å². The summed E-state index contributed by atoms with van der Waals surface area (Å²) in [5, 5.41) is 26.4. The minimum atomic E-state index is -1.30. The first-order chi connectivity index (χ1) is 26.8. The molecule has 8 unspecified atom stereocenters. The van der Waals surface area contributed by atoms with Crippen LogP contribution in [0.1, 0.15) is 69.9 Å². The number of benzene rings is 4. The Labute approximate surface area is 333 Å². The number of carbonyl (C=O) groups is 2. The van der Waals surface area contributed by atoms with Gasteiger partial charge < -0.3 is 19.8 Å². The van der Waals surface area contributed by atoms with Crippen LogP contribution in [0.3, 0.4) is 0 Å². The van der Waals surface area contributed by atoms with Crippen molar-refractivity contribution in [3.8, 4) is 5.75 Å². The van der Waals surface area contributed by atoms with Gasteiger partial charge in [-0.05, 0) is 103 Å².